The fourth-order valence-electron chi connectivity index (χ4n) is 5.45. The molecule has 0 saturated carbocycles. The third-order valence-electron chi connectivity index (χ3n) is 7.38. The van der Waals surface area contributed by atoms with E-state index in [2.05, 4.69) is 52.8 Å². The number of phenols is 1. The van der Waals surface area contributed by atoms with Crippen LogP contribution in [0.25, 0.3) is 22.2 Å². The van der Waals surface area contributed by atoms with Crippen LogP contribution < -0.4 is 9.47 Å². The molecule has 1 aliphatic rings. The molecule has 5 heteroatoms. The van der Waals surface area contributed by atoms with Crippen LogP contribution in [0.3, 0.4) is 0 Å². The van der Waals surface area contributed by atoms with Gasteiger partial charge in [0.05, 0.1) is 12.3 Å². The second-order valence-electron chi connectivity index (χ2n) is 9.97. The summed E-state index contributed by atoms with van der Waals surface area (Å²) in [4.78, 5) is 2.53. The Labute approximate surface area is 220 Å². The largest absolute Gasteiger partial charge is 0.508 e. The number of hydrogen-bond donors (Lipinski definition) is 1. The second-order valence-corrected chi connectivity index (χ2v) is 9.97. The number of benzene rings is 3. The molecule has 1 N–H and O–H groups in total. The quantitative estimate of drug-likeness (QED) is 0.269. The highest BCUT2D eigenvalue weighted by Crippen LogP contribution is 2.36. The van der Waals surface area contributed by atoms with Crippen molar-refractivity contribution in [2.45, 2.75) is 46.1 Å². The average molecular weight is 499 g/mol. The fourth-order valence-corrected chi connectivity index (χ4v) is 5.45. The highest BCUT2D eigenvalue weighted by atomic mass is 16.5. The summed E-state index contributed by atoms with van der Waals surface area (Å²) in [6, 6.07) is 22.4. The summed E-state index contributed by atoms with van der Waals surface area (Å²) < 4.78 is 14.1. The van der Waals surface area contributed by atoms with Crippen molar-refractivity contribution in [3.8, 4) is 28.5 Å². The van der Waals surface area contributed by atoms with Gasteiger partial charge in [0.15, 0.2) is 0 Å². The number of phenolic OH excluding ortho intramolecular Hbond substituents is 1. The van der Waals surface area contributed by atoms with E-state index in [1.165, 1.54) is 44.3 Å². The summed E-state index contributed by atoms with van der Waals surface area (Å²) in [5.41, 5.74) is 5.75. The van der Waals surface area contributed by atoms with E-state index in [4.69, 9.17) is 9.47 Å². The van der Waals surface area contributed by atoms with Gasteiger partial charge in [0.2, 0.25) is 0 Å². The highest BCUT2D eigenvalue weighted by Gasteiger charge is 2.17. The third kappa shape index (κ3) is 5.94. The molecule has 0 unspecified atom stereocenters. The molecule has 4 aromatic rings. The van der Waals surface area contributed by atoms with Crippen molar-refractivity contribution in [2.24, 2.45) is 0 Å². The monoisotopic (exact) mass is 498 g/mol. The number of aromatic hydroxyl groups is 1. The first kappa shape index (κ1) is 25.2. The Morgan fingerprint density at radius 2 is 1.49 bits per heavy atom. The number of nitrogens with zero attached hydrogens (tertiary/aromatic N) is 2. The SMILES string of the molecule is CCOc1ccc(-c2c(C)c3cc(O)ccc3n2Cc2ccc(OCCN3CCCCCC3)cc2)cc1. The van der Waals surface area contributed by atoms with Crippen molar-refractivity contribution < 1.29 is 14.6 Å². The topological polar surface area (TPSA) is 46.9 Å². The summed E-state index contributed by atoms with van der Waals surface area (Å²) in [6.45, 7) is 9.62. The lowest BCUT2D eigenvalue weighted by Gasteiger charge is -2.19. The molecule has 3 aromatic carbocycles. The molecule has 194 valence electrons. The predicted molar refractivity (Wildman–Crippen MR) is 151 cm³/mol. The molecular weight excluding hydrogens is 460 g/mol. The van der Waals surface area contributed by atoms with Crippen LogP contribution in [0, 0.1) is 6.92 Å². The smallest absolute Gasteiger partial charge is 0.119 e. The van der Waals surface area contributed by atoms with Gasteiger partial charge in [0.25, 0.3) is 0 Å². The lowest BCUT2D eigenvalue weighted by Crippen LogP contribution is -2.29. The predicted octanol–water partition coefficient (Wildman–Crippen LogP) is 7.02. The zero-order chi connectivity index (χ0) is 25.6. The molecule has 0 radical (unpaired) electrons. The molecule has 0 atom stereocenters. The van der Waals surface area contributed by atoms with Gasteiger partial charge in [0, 0.05) is 24.0 Å². The van der Waals surface area contributed by atoms with Gasteiger partial charge in [-0.05, 0) is 111 Å². The molecule has 37 heavy (non-hydrogen) atoms. The molecule has 5 nitrogen and oxygen atoms in total. The third-order valence-corrected chi connectivity index (χ3v) is 7.38. The van der Waals surface area contributed by atoms with Crippen molar-refractivity contribution in [3.05, 3.63) is 77.9 Å². The van der Waals surface area contributed by atoms with Gasteiger partial charge < -0.3 is 19.1 Å². The molecule has 0 amide bonds. The number of ether oxygens (including phenoxy) is 2. The maximum absolute atomic E-state index is 10.2. The number of aryl methyl sites for hydroxylation is 1. The van der Waals surface area contributed by atoms with Crippen molar-refractivity contribution in [3.63, 3.8) is 0 Å². The molecule has 2 heterocycles. The molecule has 5 rings (SSSR count). The Kier molecular flexibility index (Phi) is 8.00. The molecule has 0 bridgehead atoms. The number of likely N-dealkylation sites (tertiary alicyclic amines) is 1. The van der Waals surface area contributed by atoms with Crippen molar-refractivity contribution in [2.75, 3.05) is 32.8 Å². The summed E-state index contributed by atoms with van der Waals surface area (Å²) in [7, 11) is 0. The summed E-state index contributed by atoms with van der Waals surface area (Å²) in [6.07, 6.45) is 5.33. The lowest BCUT2D eigenvalue weighted by atomic mass is 10.1. The van der Waals surface area contributed by atoms with Gasteiger partial charge in [-0.25, -0.2) is 0 Å². The van der Waals surface area contributed by atoms with Crippen LogP contribution in [-0.2, 0) is 6.54 Å². The Morgan fingerprint density at radius 3 is 2.19 bits per heavy atom. The van der Waals surface area contributed by atoms with E-state index in [-0.39, 0.29) is 5.75 Å². The Hall–Kier alpha value is -3.44. The Balaban J connectivity index is 1.35. The minimum Gasteiger partial charge on any atom is -0.508 e. The van der Waals surface area contributed by atoms with Crippen molar-refractivity contribution in [1.29, 1.82) is 0 Å². The molecule has 0 spiro atoms. The van der Waals surface area contributed by atoms with E-state index in [1.807, 2.05) is 31.2 Å². The van der Waals surface area contributed by atoms with E-state index in [0.717, 1.165) is 58.9 Å². The first-order valence-electron chi connectivity index (χ1n) is 13.6. The lowest BCUT2D eigenvalue weighted by molar-refractivity contribution is 0.214. The number of rotatable bonds is 9. The summed E-state index contributed by atoms with van der Waals surface area (Å²) >= 11 is 0. The first-order chi connectivity index (χ1) is 18.1. The van der Waals surface area contributed by atoms with Crippen LogP contribution in [0.1, 0.15) is 43.7 Å². The first-order valence-corrected chi connectivity index (χ1v) is 13.6. The molecule has 1 saturated heterocycles. The molecule has 1 aliphatic heterocycles. The van der Waals surface area contributed by atoms with Crippen LogP contribution in [0.15, 0.2) is 66.7 Å². The Morgan fingerprint density at radius 1 is 0.811 bits per heavy atom. The molecular formula is C32H38N2O3. The van der Waals surface area contributed by atoms with Crippen LogP contribution in [0.4, 0.5) is 0 Å². The van der Waals surface area contributed by atoms with Crippen LogP contribution >= 0.6 is 0 Å². The number of aromatic nitrogens is 1. The van der Waals surface area contributed by atoms with Gasteiger partial charge >= 0.3 is 0 Å². The van der Waals surface area contributed by atoms with Gasteiger partial charge in [-0.3, -0.25) is 4.90 Å². The van der Waals surface area contributed by atoms with Crippen molar-refractivity contribution in [1.82, 2.24) is 9.47 Å². The number of fused-ring (bicyclic) bond motifs is 1. The van der Waals surface area contributed by atoms with Gasteiger partial charge in [0.1, 0.15) is 23.9 Å². The van der Waals surface area contributed by atoms with Gasteiger partial charge in [-0.15, -0.1) is 0 Å². The standard InChI is InChI=1S/C32H38N2O3/c1-3-36-28-15-10-26(11-16-28)32-24(2)30-22-27(35)12-17-31(30)34(32)23-25-8-13-29(14-9-25)37-21-20-33-18-6-4-5-7-19-33/h8-17,22,35H,3-7,18-21,23H2,1-2H3. The van der Waals surface area contributed by atoms with E-state index in [0.29, 0.717) is 6.61 Å². The Bertz CT molecular complexity index is 1300. The maximum Gasteiger partial charge on any atom is 0.119 e. The second kappa shape index (κ2) is 11.7. The zero-order valence-corrected chi connectivity index (χ0v) is 22.1. The normalized spacial score (nSPS) is 14.5. The highest BCUT2D eigenvalue weighted by molar-refractivity contribution is 5.92. The van der Waals surface area contributed by atoms with Gasteiger partial charge in [-0.1, -0.05) is 25.0 Å². The average Bonchev–Trinajstić information content (AvgIpc) is 3.06. The van der Waals surface area contributed by atoms with Crippen LogP contribution in [-0.4, -0.2) is 47.4 Å². The molecule has 1 fully saturated rings. The fraction of sp³-hybridized carbons (Fsp3) is 0.375. The zero-order valence-electron chi connectivity index (χ0n) is 22.1. The van der Waals surface area contributed by atoms with E-state index >= 15 is 0 Å². The van der Waals surface area contributed by atoms with Crippen LogP contribution in [0.5, 0.6) is 17.2 Å². The van der Waals surface area contributed by atoms with E-state index in [9.17, 15) is 5.11 Å². The minimum atomic E-state index is 0.285. The maximum atomic E-state index is 10.2. The van der Waals surface area contributed by atoms with E-state index < -0.39 is 0 Å². The van der Waals surface area contributed by atoms with Gasteiger partial charge in [-0.2, -0.15) is 0 Å². The molecule has 1 aromatic heterocycles. The summed E-state index contributed by atoms with van der Waals surface area (Å²) in [5.74, 6) is 2.08. The summed E-state index contributed by atoms with van der Waals surface area (Å²) in [5, 5.41) is 11.2. The number of hydrogen-bond acceptors (Lipinski definition) is 4. The molecule has 0 aliphatic carbocycles. The van der Waals surface area contributed by atoms with Crippen LogP contribution in [0.2, 0.25) is 0 Å². The van der Waals surface area contributed by atoms with E-state index in [1.54, 1.807) is 6.07 Å². The minimum absolute atomic E-state index is 0.285. The van der Waals surface area contributed by atoms with Crippen molar-refractivity contribution >= 4 is 10.9 Å².